The molecule has 32 heavy (non-hydrogen) atoms. The molecule has 0 radical (unpaired) electrons. The molecular formula is C24H22ClFN4O2. The number of aromatic nitrogens is 3. The summed E-state index contributed by atoms with van der Waals surface area (Å²) in [5.74, 6) is -0.683. The number of aryl methyl sites for hydroxylation is 2. The molecule has 0 aliphatic rings. The summed E-state index contributed by atoms with van der Waals surface area (Å²) < 4.78 is 17.2. The first-order chi connectivity index (χ1) is 15.3. The Kier molecular flexibility index (Phi) is 5.84. The van der Waals surface area contributed by atoms with Crippen molar-refractivity contribution in [3.8, 4) is 0 Å². The summed E-state index contributed by atoms with van der Waals surface area (Å²) in [6, 6.07) is 11.8. The lowest BCUT2D eigenvalue weighted by atomic mass is 10.2. The number of rotatable bonds is 5. The van der Waals surface area contributed by atoms with Gasteiger partial charge in [0.15, 0.2) is 0 Å². The van der Waals surface area contributed by atoms with Crippen LogP contribution in [0.1, 0.15) is 22.5 Å². The van der Waals surface area contributed by atoms with Gasteiger partial charge in [-0.3, -0.25) is 9.59 Å². The van der Waals surface area contributed by atoms with Gasteiger partial charge in [-0.15, -0.1) is 0 Å². The molecule has 2 aromatic carbocycles. The molecule has 0 spiro atoms. The van der Waals surface area contributed by atoms with Crippen molar-refractivity contribution in [1.82, 2.24) is 14.3 Å². The molecule has 2 heterocycles. The van der Waals surface area contributed by atoms with E-state index in [-0.39, 0.29) is 23.8 Å². The van der Waals surface area contributed by atoms with Crippen molar-refractivity contribution in [3.63, 3.8) is 0 Å². The lowest BCUT2D eigenvalue weighted by Gasteiger charge is -2.10. The first kappa shape index (κ1) is 21.8. The monoisotopic (exact) mass is 452 g/mol. The van der Waals surface area contributed by atoms with E-state index in [1.165, 1.54) is 6.07 Å². The number of nitrogens with one attached hydrogen (secondary N) is 1. The van der Waals surface area contributed by atoms with Crippen molar-refractivity contribution in [2.45, 2.75) is 33.9 Å². The van der Waals surface area contributed by atoms with Crippen LogP contribution in [0.2, 0.25) is 5.02 Å². The van der Waals surface area contributed by atoms with Gasteiger partial charge in [-0.05, 0) is 44.5 Å². The van der Waals surface area contributed by atoms with Crippen molar-refractivity contribution in [2.24, 2.45) is 0 Å². The van der Waals surface area contributed by atoms with Gasteiger partial charge in [0, 0.05) is 33.0 Å². The third kappa shape index (κ3) is 3.91. The summed E-state index contributed by atoms with van der Waals surface area (Å²) in [6.07, 6.45) is 1.58. The molecule has 0 unspecified atom stereocenters. The number of halogens is 2. The molecule has 0 fully saturated rings. The SMILES string of the molecule is Cc1c(Cl)cccc1NC(=O)Cn1ncc2c(C)n(Cc3ccccc3F)c(C)c2c1=O. The van der Waals surface area contributed by atoms with Crippen LogP contribution >= 0.6 is 11.6 Å². The van der Waals surface area contributed by atoms with Gasteiger partial charge in [0.1, 0.15) is 12.4 Å². The summed E-state index contributed by atoms with van der Waals surface area (Å²) >= 11 is 6.11. The topological polar surface area (TPSA) is 68.9 Å². The van der Waals surface area contributed by atoms with E-state index in [9.17, 15) is 14.0 Å². The molecule has 164 valence electrons. The molecule has 4 aromatic rings. The van der Waals surface area contributed by atoms with Crippen LogP contribution < -0.4 is 10.9 Å². The second-order valence-electron chi connectivity index (χ2n) is 7.70. The zero-order valence-electron chi connectivity index (χ0n) is 17.9. The second-order valence-corrected chi connectivity index (χ2v) is 8.11. The summed E-state index contributed by atoms with van der Waals surface area (Å²) in [5, 5.41) is 8.68. The minimum Gasteiger partial charge on any atom is -0.343 e. The molecule has 0 atom stereocenters. The molecule has 0 aliphatic carbocycles. The number of fused-ring (bicyclic) bond motifs is 1. The van der Waals surface area contributed by atoms with E-state index in [1.807, 2.05) is 18.4 Å². The Balaban J connectivity index is 1.66. The summed E-state index contributed by atoms with van der Waals surface area (Å²) in [4.78, 5) is 25.7. The average Bonchev–Trinajstić information content (AvgIpc) is 3.00. The molecule has 2 aromatic heterocycles. The highest BCUT2D eigenvalue weighted by Crippen LogP contribution is 2.24. The number of amides is 1. The van der Waals surface area contributed by atoms with Crippen LogP contribution in [0.3, 0.4) is 0 Å². The molecule has 8 heteroatoms. The third-order valence-electron chi connectivity index (χ3n) is 5.73. The maximum Gasteiger partial charge on any atom is 0.276 e. The van der Waals surface area contributed by atoms with Crippen LogP contribution in [-0.4, -0.2) is 20.3 Å². The van der Waals surface area contributed by atoms with Gasteiger partial charge in [0.25, 0.3) is 5.56 Å². The van der Waals surface area contributed by atoms with Crippen molar-refractivity contribution in [2.75, 3.05) is 5.32 Å². The Morgan fingerprint density at radius 2 is 1.84 bits per heavy atom. The Bertz CT molecular complexity index is 1410. The number of benzene rings is 2. The molecule has 0 saturated carbocycles. The van der Waals surface area contributed by atoms with E-state index >= 15 is 0 Å². The van der Waals surface area contributed by atoms with Crippen molar-refractivity contribution in [1.29, 1.82) is 0 Å². The predicted octanol–water partition coefficient (Wildman–Crippen LogP) is 4.60. The van der Waals surface area contributed by atoms with Gasteiger partial charge in [0.05, 0.1) is 18.1 Å². The van der Waals surface area contributed by atoms with Crippen LogP contribution in [0.5, 0.6) is 0 Å². The van der Waals surface area contributed by atoms with Gasteiger partial charge >= 0.3 is 0 Å². The minimum absolute atomic E-state index is 0.238. The number of nitrogens with zero attached hydrogens (tertiary/aromatic N) is 3. The lowest BCUT2D eigenvalue weighted by molar-refractivity contribution is -0.117. The van der Waals surface area contributed by atoms with E-state index in [4.69, 9.17) is 11.6 Å². The second kappa shape index (κ2) is 8.59. The lowest BCUT2D eigenvalue weighted by Crippen LogP contribution is -2.29. The van der Waals surface area contributed by atoms with Crippen molar-refractivity contribution in [3.05, 3.63) is 92.4 Å². The number of hydrogen-bond acceptors (Lipinski definition) is 3. The molecule has 0 bridgehead atoms. The number of carbonyl (C=O) groups excluding carboxylic acids is 1. The van der Waals surface area contributed by atoms with Gasteiger partial charge < -0.3 is 9.88 Å². The normalized spacial score (nSPS) is 11.2. The predicted molar refractivity (Wildman–Crippen MR) is 124 cm³/mol. The van der Waals surface area contributed by atoms with Crippen LogP contribution in [0.15, 0.2) is 53.5 Å². The number of anilines is 1. The fraction of sp³-hybridized carbons (Fsp3) is 0.208. The number of hydrogen-bond donors (Lipinski definition) is 1. The van der Waals surface area contributed by atoms with Crippen molar-refractivity contribution < 1.29 is 9.18 Å². The molecule has 4 rings (SSSR count). The Hall–Kier alpha value is -3.45. The maximum absolute atomic E-state index is 14.2. The van der Waals surface area contributed by atoms with E-state index in [0.717, 1.165) is 15.9 Å². The molecule has 1 amide bonds. The zero-order chi connectivity index (χ0) is 23.0. The Labute approximate surface area is 189 Å². The fourth-order valence-corrected chi connectivity index (χ4v) is 4.03. The largest absolute Gasteiger partial charge is 0.343 e. The third-order valence-corrected chi connectivity index (χ3v) is 6.14. The van der Waals surface area contributed by atoms with Crippen LogP contribution in [0.4, 0.5) is 10.1 Å². The van der Waals surface area contributed by atoms with E-state index in [2.05, 4.69) is 10.4 Å². The zero-order valence-corrected chi connectivity index (χ0v) is 18.7. The highest BCUT2D eigenvalue weighted by atomic mass is 35.5. The maximum atomic E-state index is 14.2. The van der Waals surface area contributed by atoms with E-state index < -0.39 is 0 Å². The molecule has 0 aliphatic heterocycles. The molecule has 0 saturated heterocycles. The van der Waals surface area contributed by atoms with E-state index in [0.29, 0.717) is 39.3 Å². The smallest absolute Gasteiger partial charge is 0.276 e. The van der Waals surface area contributed by atoms with E-state index in [1.54, 1.807) is 49.5 Å². The average molecular weight is 453 g/mol. The van der Waals surface area contributed by atoms with Gasteiger partial charge in [-0.2, -0.15) is 5.10 Å². The highest BCUT2D eigenvalue weighted by Gasteiger charge is 2.18. The molecular weight excluding hydrogens is 431 g/mol. The Morgan fingerprint density at radius 1 is 1.09 bits per heavy atom. The highest BCUT2D eigenvalue weighted by molar-refractivity contribution is 6.31. The van der Waals surface area contributed by atoms with Crippen LogP contribution in [0.25, 0.3) is 10.8 Å². The first-order valence-corrected chi connectivity index (χ1v) is 10.5. The van der Waals surface area contributed by atoms with Gasteiger partial charge in [-0.25, -0.2) is 9.07 Å². The summed E-state index contributed by atoms with van der Waals surface area (Å²) in [7, 11) is 0. The summed E-state index contributed by atoms with van der Waals surface area (Å²) in [6.45, 7) is 5.55. The van der Waals surface area contributed by atoms with Crippen LogP contribution in [-0.2, 0) is 17.9 Å². The number of carbonyl (C=O) groups is 1. The van der Waals surface area contributed by atoms with Crippen molar-refractivity contribution >= 4 is 34.0 Å². The molecule has 6 nitrogen and oxygen atoms in total. The Morgan fingerprint density at radius 3 is 2.59 bits per heavy atom. The fourth-order valence-electron chi connectivity index (χ4n) is 3.86. The standard InChI is InChI=1S/C24H22ClFN4O2/c1-14-19(25)8-6-10-21(14)28-22(31)13-30-24(32)23-16(3)29(15(2)18(23)11-27-30)12-17-7-4-5-9-20(17)26/h4-11H,12-13H2,1-3H3,(H,28,31). The first-order valence-electron chi connectivity index (χ1n) is 10.1. The van der Waals surface area contributed by atoms with Gasteiger partial charge in [0.2, 0.25) is 5.91 Å². The van der Waals surface area contributed by atoms with Gasteiger partial charge in [-0.1, -0.05) is 35.9 Å². The minimum atomic E-state index is -0.385. The quantitative estimate of drug-likeness (QED) is 0.481. The van der Waals surface area contributed by atoms with Crippen LogP contribution in [0, 0.1) is 26.6 Å². The summed E-state index contributed by atoms with van der Waals surface area (Å²) in [5.41, 5.74) is 3.01. The molecule has 1 N–H and O–H groups in total.